The first kappa shape index (κ1) is 10.5. The highest BCUT2D eigenvalue weighted by atomic mass is 32.2. The van der Waals surface area contributed by atoms with Gasteiger partial charge in [0.1, 0.15) is 0 Å². The van der Waals surface area contributed by atoms with Gasteiger partial charge in [-0.2, -0.15) is 0 Å². The van der Waals surface area contributed by atoms with Crippen LogP contribution in [0.25, 0.3) is 0 Å². The first-order chi connectivity index (χ1) is 3.00. The molecule has 0 aliphatic heterocycles. The molecule has 0 saturated heterocycles. The van der Waals surface area contributed by atoms with E-state index in [1.807, 2.05) is 0 Å². The van der Waals surface area contributed by atoms with Crippen molar-refractivity contribution in [2.24, 2.45) is 0 Å². The lowest BCUT2D eigenvalue weighted by molar-refractivity contribution is 0.275. The summed E-state index contributed by atoms with van der Waals surface area (Å²) in [4.78, 5) is 21.6. The molecule has 0 spiro atoms. The summed E-state index contributed by atoms with van der Waals surface area (Å²) < 4.78 is 8.88. The third kappa shape index (κ3) is 453. The van der Waals surface area contributed by atoms with E-state index in [2.05, 4.69) is 11.6 Å². The number of phosphoric acid groups is 1. The van der Waals surface area contributed by atoms with Crippen LogP contribution < -0.4 is 0 Å². The fourth-order valence-electron chi connectivity index (χ4n) is 0. The second kappa shape index (κ2) is 4.70. The Labute approximate surface area is 48.4 Å². The van der Waals surface area contributed by atoms with Crippen LogP contribution in [0, 0.1) is 0 Å². The third-order valence-electron chi connectivity index (χ3n) is 0. The van der Waals surface area contributed by atoms with Gasteiger partial charge in [0, 0.05) is 0 Å². The van der Waals surface area contributed by atoms with Crippen LogP contribution >= 0.6 is 19.4 Å². The first-order valence-electron chi connectivity index (χ1n) is 1.07. The Hall–Kier alpha value is 0.547. The highest BCUT2D eigenvalue weighted by molar-refractivity contribution is 7.83. The SMILES string of the molecule is O=P(O)(O)O.[SiH2]=S. The summed E-state index contributed by atoms with van der Waals surface area (Å²) in [5.41, 5.74) is 0. The predicted octanol–water partition coefficient (Wildman–Crippen LogP) is -1.20. The molecule has 0 aromatic rings. The minimum absolute atomic E-state index is 1.44. The smallest absolute Gasteiger partial charge is 0.303 e. The molecule has 0 aliphatic rings. The highest BCUT2D eigenvalue weighted by Gasteiger charge is 2.00. The Morgan fingerprint density at radius 2 is 1.29 bits per heavy atom. The molecule has 0 amide bonds. The van der Waals surface area contributed by atoms with E-state index in [-0.39, 0.29) is 0 Å². The van der Waals surface area contributed by atoms with Crippen molar-refractivity contribution in [3.05, 3.63) is 0 Å². The van der Waals surface area contributed by atoms with Crippen LogP contribution in [0.3, 0.4) is 0 Å². The second-order valence-corrected chi connectivity index (χ2v) is 1.54. The van der Waals surface area contributed by atoms with E-state index < -0.39 is 7.82 Å². The zero-order valence-corrected chi connectivity index (χ0v) is 6.44. The molecule has 3 N–H and O–H groups in total. The van der Waals surface area contributed by atoms with E-state index in [4.69, 9.17) is 19.2 Å². The van der Waals surface area contributed by atoms with Crippen molar-refractivity contribution in [3.8, 4) is 0 Å². The molecule has 0 atom stereocenters. The summed E-state index contributed by atoms with van der Waals surface area (Å²) in [5, 5.41) is 0. The van der Waals surface area contributed by atoms with Gasteiger partial charge >= 0.3 is 7.82 Å². The van der Waals surface area contributed by atoms with Crippen molar-refractivity contribution in [2.45, 2.75) is 0 Å². The Bertz CT molecular complexity index is 67.5. The van der Waals surface area contributed by atoms with Gasteiger partial charge in [-0.05, 0) is 0 Å². The molecule has 0 aromatic carbocycles. The lowest BCUT2D eigenvalue weighted by Gasteiger charge is -1.82. The first-order valence-corrected chi connectivity index (χ1v) is 4.95. The number of rotatable bonds is 0. The third-order valence-corrected chi connectivity index (χ3v) is 0. The van der Waals surface area contributed by atoms with Crippen molar-refractivity contribution in [1.82, 2.24) is 0 Å². The van der Waals surface area contributed by atoms with Gasteiger partial charge in [0.2, 0.25) is 0 Å². The molecule has 7 heavy (non-hydrogen) atoms. The Kier molecular flexibility index (Phi) is 7.06. The lowest BCUT2D eigenvalue weighted by Crippen LogP contribution is -1.66. The maximum absolute atomic E-state index is 8.88. The summed E-state index contributed by atoms with van der Waals surface area (Å²) in [7, 11) is -3.19. The van der Waals surface area contributed by atoms with Crippen LogP contribution in [-0.4, -0.2) is 23.6 Å². The van der Waals surface area contributed by atoms with Crippen LogP contribution in [0.5, 0.6) is 0 Å². The monoisotopic (exact) mass is 160 g/mol. The zero-order chi connectivity index (χ0) is 6.50. The maximum Gasteiger partial charge on any atom is 0.466 e. The summed E-state index contributed by atoms with van der Waals surface area (Å²) in [6, 6.07) is 0. The molecule has 0 unspecified atom stereocenters. The Morgan fingerprint density at radius 3 is 1.29 bits per heavy atom. The van der Waals surface area contributed by atoms with Crippen molar-refractivity contribution in [3.63, 3.8) is 0 Å². The van der Waals surface area contributed by atoms with E-state index in [9.17, 15) is 0 Å². The molecule has 44 valence electrons. The lowest BCUT2D eigenvalue weighted by atomic mass is 15.8. The predicted molar refractivity (Wildman–Crippen MR) is 30.4 cm³/mol. The van der Waals surface area contributed by atoms with Crippen molar-refractivity contribution in [1.29, 1.82) is 0 Å². The highest BCUT2D eigenvalue weighted by Crippen LogP contribution is 2.25. The minimum atomic E-state index is -4.64. The second-order valence-electron chi connectivity index (χ2n) is 0.513. The van der Waals surface area contributed by atoms with E-state index in [0.29, 0.717) is 0 Å². The molecule has 0 heterocycles. The van der Waals surface area contributed by atoms with Gasteiger partial charge in [0.15, 0.2) is 0 Å². The fourth-order valence-corrected chi connectivity index (χ4v) is 0. The van der Waals surface area contributed by atoms with Crippen LogP contribution in [0.15, 0.2) is 0 Å². The molecular weight excluding hydrogens is 155 g/mol. The van der Waals surface area contributed by atoms with Crippen LogP contribution in [-0.2, 0) is 4.57 Å². The molecular formula is H5O4PSSi. The normalized spacial score (nSPS) is 9.00. The van der Waals surface area contributed by atoms with Gasteiger partial charge in [-0.15, -0.1) is 11.6 Å². The van der Waals surface area contributed by atoms with Gasteiger partial charge < -0.3 is 14.7 Å². The van der Waals surface area contributed by atoms with Crippen molar-refractivity contribution in [2.75, 3.05) is 0 Å². The number of hydrogen-bond acceptors (Lipinski definition) is 2. The Balaban J connectivity index is 0. The van der Waals surface area contributed by atoms with Crippen molar-refractivity contribution >= 4 is 28.4 Å². The van der Waals surface area contributed by atoms with Gasteiger partial charge in [0.05, 0.1) is 8.95 Å². The molecule has 4 nitrogen and oxygen atoms in total. The summed E-state index contributed by atoms with van der Waals surface area (Å²) in [5.74, 6) is 0. The molecule has 0 aromatic heterocycles. The summed E-state index contributed by atoms with van der Waals surface area (Å²) in [6.07, 6.45) is 0. The average Bonchev–Trinajstić information content (AvgIpc) is 1.36. The van der Waals surface area contributed by atoms with Crippen molar-refractivity contribution < 1.29 is 19.2 Å². The van der Waals surface area contributed by atoms with Gasteiger partial charge in [-0.3, -0.25) is 0 Å². The van der Waals surface area contributed by atoms with Crippen LogP contribution in [0.2, 0.25) is 0 Å². The summed E-state index contributed by atoms with van der Waals surface area (Å²) in [6.45, 7) is 0. The van der Waals surface area contributed by atoms with Crippen LogP contribution in [0.1, 0.15) is 0 Å². The van der Waals surface area contributed by atoms with Gasteiger partial charge in [-0.25, -0.2) is 4.57 Å². The topological polar surface area (TPSA) is 77.8 Å². The van der Waals surface area contributed by atoms with E-state index in [1.54, 1.807) is 0 Å². The Morgan fingerprint density at radius 1 is 1.29 bits per heavy atom. The quantitative estimate of drug-likeness (QED) is 0.306. The molecule has 0 aliphatic carbocycles. The van der Waals surface area contributed by atoms with E-state index in [0.717, 1.165) is 0 Å². The fraction of sp³-hybridized carbons (Fsp3) is 0. The molecule has 0 radical (unpaired) electrons. The summed E-state index contributed by atoms with van der Waals surface area (Å²) >= 11 is 4.11. The van der Waals surface area contributed by atoms with Crippen LogP contribution in [0.4, 0.5) is 0 Å². The maximum atomic E-state index is 8.88. The average molecular weight is 160 g/mol. The molecule has 0 bridgehead atoms. The zero-order valence-electron chi connectivity index (χ0n) is 3.31. The molecule has 0 fully saturated rings. The standard InChI is InChI=1S/H3O4P.H2SSi/c1-5(2,3)4;1-2/h(H3,1,2,3,4);2H2. The largest absolute Gasteiger partial charge is 0.466 e. The minimum Gasteiger partial charge on any atom is -0.303 e. The van der Waals surface area contributed by atoms with E-state index in [1.165, 1.54) is 8.95 Å². The van der Waals surface area contributed by atoms with Gasteiger partial charge in [0.25, 0.3) is 0 Å². The van der Waals surface area contributed by atoms with E-state index >= 15 is 0 Å². The number of hydrogen-bond donors (Lipinski definition) is 3. The molecule has 7 heteroatoms. The molecule has 0 rings (SSSR count). The molecule has 0 saturated carbocycles. The van der Waals surface area contributed by atoms with Gasteiger partial charge in [-0.1, -0.05) is 0 Å².